The van der Waals surface area contributed by atoms with Crippen LogP contribution in [-0.4, -0.2) is 30.8 Å². The zero-order valence-electron chi connectivity index (χ0n) is 14.8. The Morgan fingerprint density at radius 2 is 2.08 bits per heavy atom. The number of anilines is 1. The second kappa shape index (κ2) is 6.49. The lowest BCUT2D eigenvalue weighted by atomic mass is 9.92. The number of halogens is 1. The number of hydrogen-bond acceptors (Lipinski definition) is 4. The molecule has 0 amide bonds. The average molecular weight is 343 g/mol. The Morgan fingerprint density at radius 1 is 1.40 bits per heavy atom. The summed E-state index contributed by atoms with van der Waals surface area (Å²) >= 11 is 0. The van der Waals surface area contributed by atoms with E-state index in [-0.39, 0.29) is 16.7 Å². The molecule has 0 saturated carbocycles. The van der Waals surface area contributed by atoms with Gasteiger partial charge in [0, 0.05) is 25.6 Å². The first-order valence-electron chi connectivity index (χ1n) is 8.51. The molecule has 2 aromatic rings. The van der Waals surface area contributed by atoms with Crippen LogP contribution in [0.5, 0.6) is 0 Å². The fraction of sp³-hybridized carbons (Fsp3) is 0.474. The zero-order valence-corrected chi connectivity index (χ0v) is 14.8. The van der Waals surface area contributed by atoms with Crippen molar-refractivity contribution >= 4 is 16.6 Å². The molecule has 1 aromatic carbocycles. The van der Waals surface area contributed by atoms with E-state index in [1.165, 1.54) is 6.07 Å². The number of benzene rings is 1. The van der Waals surface area contributed by atoms with Crippen molar-refractivity contribution in [1.29, 1.82) is 5.26 Å². The van der Waals surface area contributed by atoms with Crippen molar-refractivity contribution in [2.45, 2.75) is 38.7 Å². The van der Waals surface area contributed by atoms with Crippen LogP contribution in [0.4, 0.5) is 10.1 Å². The molecule has 3 rings (SSSR count). The highest BCUT2D eigenvalue weighted by Crippen LogP contribution is 2.34. The number of H-pyrrole nitrogens is 1. The maximum absolute atomic E-state index is 14.5. The number of rotatable bonds is 3. The van der Waals surface area contributed by atoms with E-state index in [0.29, 0.717) is 30.6 Å². The van der Waals surface area contributed by atoms with Gasteiger partial charge in [0.25, 0.3) is 5.56 Å². The van der Waals surface area contributed by atoms with Crippen molar-refractivity contribution in [3.8, 4) is 6.07 Å². The maximum atomic E-state index is 14.5. The lowest BCUT2D eigenvalue weighted by molar-refractivity contribution is -0.0132. The fourth-order valence-corrected chi connectivity index (χ4v) is 3.44. The highest BCUT2D eigenvalue weighted by atomic mass is 19.1. The van der Waals surface area contributed by atoms with Gasteiger partial charge in [-0.3, -0.25) is 4.79 Å². The summed E-state index contributed by atoms with van der Waals surface area (Å²) in [6.45, 7) is 5.30. The van der Waals surface area contributed by atoms with Crippen molar-refractivity contribution in [3.63, 3.8) is 0 Å². The number of nitrogens with zero attached hydrogens (tertiary/aromatic N) is 2. The molecule has 1 fully saturated rings. The molecule has 0 unspecified atom stereocenters. The van der Waals surface area contributed by atoms with E-state index in [9.17, 15) is 14.4 Å². The van der Waals surface area contributed by atoms with E-state index in [1.54, 1.807) is 7.11 Å². The van der Waals surface area contributed by atoms with Gasteiger partial charge in [0.2, 0.25) is 0 Å². The molecule has 1 aromatic heterocycles. The number of aromatic nitrogens is 1. The number of piperidine rings is 1. The van der Waals surface area contributed by atoms with Crippen LogP contribution < -0.4 is 10.5 Å². The molecule has 0 radical (unpaired) electrons. The van der Waals surface area contributed by atoms with Gasteiger partial charge in [-0.25, -0.2) is 4.39 Å². The van der Waals surface area contributed by atoms with E-state index in [4.69, 9.17) is 4.74 Å². The minimum atomic E-state index is -0.548. The van der Waals surface area contributed by atoms with Crippen molar-refractivity contribution in [2.75, 3.05) is 25.1 Å². The van der Waals surface area contributed by atoms with Gasteiger partial charge in [-0.05, 0) is 43.9 Å². The molecule has 1 aliphatic rings. The van der Waals surface area contributed by atoms with Gasteiger partial charge in [0.1, 0.15) is 17.4 Å². The van der Waals surface area contributed by atoms with E-state index < -0.39 is 11.4 Å². The Labute approximate surface area is 146 Å². The van der Waals surface area contributed by atoms with Crippen LogP contribution in [-0.2, 0) is 11.2 Å². The predicted molar refractivity (Wildman–Crippen MR) is 95.5 cm³/mol. The molecule has 1 N–H and O–H groups in total. The minimum absolute atomic E-state index is 0.0428. The molecule has 1 aliphatic heterocycles. The summed E-state index contributed by atoms with van der Waals surface area (Å²) in [5.41, 5.74) is 0.820. The van der Waals surface area contributed by atoms with Crippen LogP contribution >= 0.6 is 0 Å². The number of aromatic amines is 1. The smallest absolute Gasteiger partial charge is 0.268 e. The van der Waals surface area contributed by atoms with Crippen molar-refractivity contribution < 1.29 is 9.13 Å². The van der Waals surface area contributed by atoms with Crippen LogP contribution in [0.15, 0.2) is 16.9 Å². The number of hydrogen-bond donors (Lipinski definition) is 1. The molecule has 0 atom stereocenters. The van der Waals surface area contributed by atoms with Crippen molar-refractivity contribution in [3.05, 3.63) is 39.4 Å². The van der Waals surface area contributed by atoms with Crippen LogP contribution in [0.25, 0.3) is 10.9 Å². The van der Waals surface area contributed by atoms with Crippen molar-refractivity contribution in [2.24, 2.45) is 0 Å². The highest BCUT2D eigenvalue weighted by molar-refractivity contribution is 5.95. The lowest BCUT2D eigenvalue weighted by Crippen LogP contribution is -2.44. The molecule has 132 valence electrons. The van der Waals surface area contributed by atoms with E-state index in [2.05, 4.69) is 11.9 Å². The van der Waals surface area contributed by atoms with E-state index >= 15 is 0 Å². The molecule has 6 heteroatoms. The molecule has 2 heterocycles. The van der Waals surface area contributed by atoms with Crippen LogP contribution in [0, 0.1) is 17.1 Å². The number of fused-ring (bicyclic) bond motifs is 1. The standard InChI is InChI=1S/C19H22FN3O2/c1-4-12-9-13-16(15(20)10-12)22-18(24)14(11-21)17(13)23-7-5-19(2,25-3)6-8-23/h9-10H,4-8H2,1-3H3,(H,22,24). The van der Waals surface area contributed by atoms with Crippen LogP contribution in [0.1, 0.15) is 37.8 Å². The summed E-state index contributed by atoms with van der Waals surface area (Å²) in [6, 6.07) is 5.31. The topological polar surface area (TPSA) is 69.1 Å². The molecular weight excluding hydrogens is 321 g/mol. The monoisotopic (exact) mass is 343 g/mol. The third-order valence-electron chi connectivity index (χ3n) is 5.26. The first-order valence-corrected chi connectivity index (χ1v) is 8.51. The Kier molecular flexibility index (Phi) is 4.53. The molecule has 1 saturated heterocycles. The molecule has 0 aliphatic carbocycles. The molecule has 0 bridgehead atoms. The van der Waals surface area contributed by atoms with Crippen molar-refractivity contribution in [1.82, 2.24) is 4.98 Å². The summed E-state index contributed by atoms with van der Waals surface area (Å²) in [4.78, 5) is 16.9. The summed E-state index contributed by atoms with van der Waals surface area (Å²) < 4.78 is 20.0. The molecule has 25 heavy (non-hydrogen) atoms. The summed E-state index contributed by atoms with van der Waals surface area (Å²) in [7, 11) is 1.70. The van der Waals surface area contributed by atoms with Gasteiger partial charge in [-0.2, -0.15) is 5.26 Å². The van der Waals surface area contributed by atoms with E-state index in [0.717, 1.165) is 18.4 Å². The number of aryl methyl sites for hydroxylation is 1. The first kappa shape index (κ1) is 17.4. The Morgan fingerprint density at radius 3 is 2.64 bits per heavy atom. The van der Waals surface area contributed by atoms with Crippen LogP contribution in [0.3, 0.4) is 0 Å². The summed E-state index contributed by atoms with van der Waals surface area (Å²) in [5.74, 6) is -0.462. The van der Waals surface area contributed by atoms with Gasteiger partial charge in [-0.15, -0.1) is 0 Å². The number of ether oxygens (including phenoxy) is 1. The zero-order chi connectivity index (χ0) is 18.2. The third kappa shape index (κ3) is 3.00. The van der Waals surface area contributed by atoms with Gasteiger partial charge in [-0.1, -0.05) is 6.92 Å². The van der Waals surface area contributed by atoms with Gasteiger partial charge < -0.3 is 14.6 Å². The SMILES string of the molecule is CCc1cc(F)c2[nH]c(=O)c(C#N)c(N3CCC(C)(OC)CC3)c2c1. The second-order valence-corrected chi connectivity index (χ2v) is 6.78. The quantitative estimate of drug-likeness (QED) is 0.930. The molecule has 0 spiro atoms. The number of pyridine rings is 1. The normalized spacial score (nSPS) is 16.8. The van der Waals surface area contributed by atoms with Gasteiger partial charge in [0.15, 0.2) is 0 Å². The minimum Gasteiger partial charge on any atom is -0.378 e. The van der Waals surface area contributed by atoms with Gasteiger partial charge >= 0.3 is 0 Å². The second-order valence-electron chi connectivity index (χ2n) is 6.78. The van der Waals surface area contributed by atoms with Crippen LogP contribution in [0.2, 0.25) is 0 Å². The average Bonchev–Trinajstić information content (AvgIpc) is 2.62. The Balaban J connectivity index is 2.20. The van der Waals surface area contributed by atoms with E-state index in [1.807, 2.05) is 24.0 Å². The first-order chi connectivity index (χ1) is 11.9. The van der Waals surface area contributed by atoms with Gasteiger partial charge in [0.05, 0.1) is 16.8 Å². The molecule has 5 nitrogen and oxygen atoms in total. The predicted octanol–water partition coefficient (Wildman–Crippen LogP) is 3.11. The third-order valence-corrected chi connectivity index (χ3v) is 5.26. The fourth-order valence-electron chi connectivity index (χ4n) is 3.44. The maximum Gasteiger partial charge on any atom is 0.268 e. The summed E-state index contributed by atoms with van der Waals surface area (Å²) in [5, 5.41) is 10.1. The number of nitriles is 1. The summed E-state index contributed by atoms with van der Waals surface area (Å²) in [6.07, 6.45) is 2.23. The molecular formula is C19H22FN3O2. The lowest BCUT2D eigenvalue weighted by Gasteiger charge is -2.40. The Hall–Kier alpha value is -2.39. The number of nitrogens with one attached hydrogen (secondary N) is 1. The number of methoxy groups -OCH3 is 1. The highest BCUT2D eigenvalue weighted by Gasteiger charge is 2.32. The largest absolute Gasteiger partial charge is 0.378 e. The Bertz CT molecular complexity index is 905.